The average molecular weight is 286 g/mol. The summed E-state index contributed by atoms with van der Waals surface area (Å²) in [4.78, 5) is 3.88. The van der Waals surface area contributed by atoms with Crippen molar-refractivity contribution >= 4 is 15.9 Å². The number of pyridine rings is 1. The first-order valence-corrected chi connectivity index (χ1v) is 5.18. The van der Waals surface area contributed by atoms with E-state index >= 15 is 0 Å². The highest BCUT2D eigenvalue weighted by molar-refractivity contribution is 9.10. The summed E-state index contributed by atoms with van der Waals surface area (Å²) in [5.41, 5.74) is 0. The lowest BCUT2D eigenvalue weighted by Gasteiger charge is -2.05. The Morgan fingerprint density at radius 3 is 2.50 bits per heavy atom. The zero-order valence-electron chi connectivity index (χ0n) is 7.95. The number of aromatic nitrogens is 1. The molecule has 2 aromatic rings. The first-order chi connectivity index (χ1) is 7.65. The average Bonchev–Trinajstić information content (AvgIpc) is 2.24. The number of benzene rings is 1. The van der Waals surface area contributed by atoms with Crippen molar-refractivity contribution in [1.29, 1.82) is 0 Å². The molecule has 0 atom stereocenters. The van der Waals surface area contributed by atoms with Crippen molar-refractivity contribution in [2.24, 2.45) is 0 Å². The Bertz CT molecular complexity index is 519. The zero-order valence-corrected chi connectivity index (χ0v) is 9.54. The van der Waals surface area contributed by atoms with E-state index in [2.05, 4.69) is 20.9 Å². The molecule has 0 aliphatic heterocycles. The number of nitrogens with zero attached hydrogens (tertiary/aromatic N) is 1. The second kappa shape index (κ2) is 4.57. The summed E-state index contributed by atoms with van der Waals surface area (Å²) >= 11 is 3.22. The minimum absolute atomic E-state index is 0.221. The molecule has 0 fully saturated rings. The summed E-state index contributed by atoms with van der Waals surface area (Å²) < 4.78 is 31.6. The van der Waals surface area contributed by atoms with Gasteiger partial charge in [0.15, 0.2) is 11.6 Å². The molecule has 0 saturated carbocycles. The van der Waals surface area contributed by atoms with Gasteiger partial charge in [-0.05, 0) is 34.1 Å². The van der Waals surface area contributed by atoms with Gasteiger partial charge in [0, 0.05) is 16.7 Å². The van der Waals surface area contributed by atoms with Crippen molar-refractivity contribution in [3.05, 3.63) is 52.8 Å². The lowest BCUT2D eigenvalue weighted by Crippen LogP contribution is -1.88. The van der Waals surface area contributed by atoms with Gasteiger partial charge in [-0.3, -0.25) is 4.98 Å². The molecule has 16 heavy (non-hydrogen) atoms. The highest BCUT2D eigenvalue weighted by Gasteiger charge is 2.04. The lowest BCUT2D eigenvalue weighted by molar-refractivity contribution is 0.460. The molecule has 2 nitrogen and oxygen atoms in total. The maximum Gasteiger partial charge on any atom is 0.162 e. The summed E-state index contributed by atoms with van der Waals surface area (Å²) in [5.74, 6) is -1.18. The van der Waals surface area contributed by atoms with Gasteiger partial charge in [-0.1, -0.05) is 0 Å². The van der Waals surface area contributed by atoms with E-state index in [1.54, 1.807) is 12.3 Å². The Morgan fingerprint density at radius 1 is 1.00 bits per heavy atom. The van der Waals surface area contributed by atoms with Crippen LogP contribution in [0.4, 0.5) is 8.78 Å². The van der Waals surface area contributed by atoms with Crippen molar-refractivity contribution in [3.8, 4) is 11.5 Å². The molecule has 0 aliphatic rings. The fourth-order valence-corrected chi connectivity index (χ4v) is 1.47. The summed E-state index contributed by atoms with van der Waals surface area (Å²) in [7, 11) is 0. The van der Waals surface area contributed by atoms with E-state index < -0.39 is 11.6 Å². The molecule has 1 heterocycles. The molecule has 0 N–H and O–H groups in total. The van der Waals surface area contributed by atoms with E-state index in [1.165, 1.54) is 12.3 Å². The Hall–Kier alpha value is -1.49. The summed E-state index contributed by atoms with van der Waals surface area (Å²) in [6, 6.07) is 5.01. The van der Waals surface area contributed by atoms with E-state index in [0.29, 0.717) is 5.75 Å². The Balaban J connectivity index is 2.24. The molecule has 0 amide bonds. The highest BCUT2D eigenvalue weighted by Crippen LogP contribution is 2.24. The third kappa shape index (κ3) is 2.55. The Morgan fingerprint density at radius 2 is 1.81 bits per heavy atom. The van der Waals surface area contributed by atoms with Gasteiger partial charge in [0.05, 0.1) is 6.20 Å². The van der Waals surface area contributed by atoms with Gasteiger partial charge in [0.25, 0.3) is 0 Å². The molecular weight excluding hydrogens is 280 g/mol. The van der Waals surface area contributed by atoms with Gasteiger partial charge in [-0.2, -0.15) is 0 Å². The van der Waals surface area contributed by atoms with Crippen LogP contribution in [0.15, 0.2) is 41.1 Å². The van der Waals surface area contributed by atoms with E-state index in [0.717, 1.165) is 16.6 Å². The van der Waals surface area contributed by atoms with Crippen LogP contribution in [0, 0.1) is 11.6 Å². The van der Waals surface area contributed by atoms with Crippen LogP contribution in [0.25, 0.3) is 0 Å². The predicted octanol–water partition coefficient (Wildman–Crippen LogP) is 3.91. The molecule has 0 spiro atoms. The molecule has 1 aromatic heterocycles. The monoisotopic (exact) mass is 285 g/mol. The zero-order chi connectivity index (χ0) is 11.5. The van der Waals surface area contributed by atoms with Gasteiger partial charge < -0.3 is 4.74 Å². The van der Waals surface area contributed by atoms with Gasteiger partial charge >= 0.3 is 0 Å². The summed E-state index contributed by atoms with van der Waals surface area (Å²) in [6.07, 6.45) is 3.07. The standard InChI is InChI=1S/C11H6BrF2NO/c12-7-3-9(6-15-5-7)16-8-1-2-10(13)11(14)4-8/h1-6H. The Labute approximate surface area is 99.0 Å². The molecule has 0 aliphatic carbocycles. The number of hydrogen-bond acceptors (Lipinski definition) is 2. The van der Waals surface area contributed by atoms with Crippen molar-refractivity contribution in [2.75, 3.05) is 0 Å². The smallest absolute Gasteiger partial charge is 0.162 e. The molecule has 1 aromatic carbocycles. The van der Waals surface area contributed by atoms with Gasteiger partial charge in [-0.25, -0.2) is 8.78 Å². The lowest BCUT2D eigenvalue weighted by atomic mass is 10.3. The quantitative estimate of drug-likeness (QED) is 0.835. The topological polar surface area (TPSA) is 22.1 Å². The molecule has 5 heteroatoms. The van der Waals surface area contributed by atoms with Crippen LogP contribution in [0.5, 0.6) is 11.5 Å². The maximum absolute atomic E-state index is 12.9. The molecule has 0 saturated heterocycles. The molecule has 0 unspecified atom stereocenters. The molecule has 82 valence electrons. The SMILES string of the molecule is Fc1ccc(Oc2cncc(Br)c2)cc1F. The first-order valence-electron chi connectivity index (χ1n) is 4.38. The van der Waals surface area contributed by atoms with Crippen molar-refractivity contribution in [1.82, 2.24) is 4.98 Å². The predicted molar refractivity (Wildman–Crippen MR) is 58.4 cm³/mol. The van der Waals surface area contributed by atoms with Gasteiger partial charge in [0.1, 0.15) is 11.5 Å². The molecule has 0 bridgehead atoms. The molecule has 0 radical (unpaired) electrons. The van der Waals surface area contributed by atoms with Crippen LogP contribution in [-0.4, -0.2) is 4.98 Å². The van der Waals surface area contributed by atoms with Crippen molar-refractivity contribution in [2.45, 2.75) is 0 Å². The number of rotatable bonds is 2. The fourth-order valence-electron chi connectivity index (χ4n) is 1.12. The summed E-state index contributed by atoms with van der Waals surface area (Å²) in [6.45, 7) is 0. The van der Waals surface area contributed by atoms with Crippen LogP contribution in [0.3, 0.4) is 0 Å². The number of hydrogen-bond donors (Lipinski definition) is 0. The first kappa shape index (κ1) is 11.0. The third-order valence-corrected chi connectivity index (χ3v) is 2.24. The van der Waals surface area contributed by atoms with Crippen LogP contribution >= 0.6 is 15.9 Å². The molecule has 2 rings (SSSR count). The van der Waals surface area contributed by atoms with Crippen LogP contribution < -0.4 is 4.74 Å². The van der Waals surface area contributed by atoms with Crippen molar-refractivity contribution < 1.29 is 13.5 Å². The van der Waals surface area contributed by atoms with E-state index in [4.69, 9.17) is 4.74 Å². The number of halogens is 3. The minimum atomic E-state index is -0.944. The van der Waals surface area contributed by atoms with Crippen LogP contribution in [0.1, 0.15) is 0 Å². The normalized spacial score (nSPS) is 10.2. The van der Waals surface area contributed by atoms with Gasteiger partial charge in [-0.15, -0.1) is 0 Å². The van der Waals surface area contributed by atoms with E-state index in [9.17, 15) is 8.78 Å². The Kier molecular flexibility index (Phi) is 3.14. The number of ether oxygens (including phenoxy) is 1. The largest absolute Gasteiger partial charge is 0.456 e. The van der Waals surface area contributed by atoms with Gasteiger partial charge in [0.2, 0.25) is 0 Å². The van der Waals surface area contributed by atoms with Crippen LogP contribution in [0.2, 0.25) is 0 Å². The maximum atomic E-state index is 12.9. The third-order valence-electron chi connectivity index (χ3n) is 1.81. The highest BCUT2D eigenvalue weighted by atomic mass is 79.9. The van der Waals surface area contributed by atoms with Crippen molar-refractivity contribution in [3.63, 3.8) is 0 Å². The summed E-state index contributed by atoms with van der Waals surface area (Å²) in [5, 5.41) is 0. The van der Waals surface area contributed by atoms with E-state index in [1.807, 2.05) is 0 Å². The second-order valence-electron chi connectivity index (χ2n) is 3.02. The minimum Gasteiger partial charge on any atom is -0.456 e. The second-order valence-corrected chi connectivity index (χ2v) is 3.93. The molecular formula is C11H6BrF2NO. The van der Waals surface area contributed by atoms with E-state index in [-0.39, 0.29) is 5.75 Å². The fraction of sp³-hybridized carbons (Fsp3) is 0. The van der Waals surface area contributed by atoms with Crippen LogP contribution in [-0.2, 0) is 0 Å².